The standard InChI is InChI=1S/3C17H23N5O4/c3*1-3-4-5-6-7-11-20-15(18-2)12-16(21-11)22(9-19-12)17-14(25)13(24)10(8-23)26-17/h3*9-10,13-14,17,23-25H,3-5,8H2,1-2H3,(H,18,20,21)/t3*10-,13-,14-,17-/m111/s1. The monoisotopic (exact) mass is 1080 g/mol. The van der Waals surface area contributed by atoms with Gasteiger partial charge in [0.05, 0.1) is 38.8 Å². The predicted octanol–water partition coefficient (Wildman–Crippen LogP) is 0.0636. The molecule has 12 N–H and O–H groups in total. The fourth-order valence-electron chi connectivity index (χ4n) is 8.55. The Bertz CT molecular complexity index is 2810. The Hall–Kier alpha value is -6.75. The average Bonchev–Trinajstić information content (AvgIpc) is 4.35. The van der Waals surface area contributed by atoms with Crippen molar-refractivity contribution in [3.05, 3.63) is 36.5 Å². The number of nitrogens with one attached hydrogen (secondary N) is 3. The van der Waals surface area contributed by atoms with Crippen LogP contribution >= 0.6 is 0 Å². The van der Waals surface area contributed by atoms with Crippen molar-refractivity contribution in [2.45, 2.75) is 152 Å². The van der Waals surface area contributed by atoms with E-state index in [9.17, 15) is 46.0 Å². The quantitative estimate of drug-likeness (QED) is 0.0478. The summed E-state index contributed by atoms with van der Waals surface area (Å²) in [5.41, 5.74) is 2.80. The van der Waals surface area contributed by atoms with Crippen LogP contribution in [0.2, 0.25) is 0 Å². The van der Waals surface area contributed by atoms with Crippen molar-refractivity contribution in [2.75, 3.05) is 56.9 Å². The molecule has 0 aromatic carbocycles. The fraction of sp³-hybridized carbons (Fsp3) is 0.588. The Morgan fingerprint density at radius 3 is 0.923 bits per heavy atom. The van der Waals surface area contributed by atoms with Gasteiger partial charge in [-0.05, 0) is 37.0 Å². The summed E-state index contributed by atoms with van der Waals surface area (Å²) in [4.78, 5) is 39.2. The van der Waals surface area contributed by atoms with E-state index in [1.54, 1.807) is 21.1 Å². The third kappa shape index (κ3) is 12.9. The normalized spacial score (nSPS) is 25.3. The van der Waals surface area contributed by atoms with E-state index in [1.165, 1.54) is 32.7 Å². The topological polar surface area (TPSA) is 377 Å². The summed E-state index contributed by atoms with van der Waals surface area (Å²) in [7, 11) is 5.17. The lowest BCUT2D eigenvalue weighted by molar-refractivity contribution is -0.0511. The molecule has 9 rings (SSSR count). The maximum absolute atomic E-state index is 10.3. The maximum Gasteiger partial charge on any atom is 0.208 e. The van der Waals surface area contributed by atoms with E-state index in [1.807, 2.05) is 0 Å². The van der Waals surface area contributed by atoms with Crippen molar-refractivity contribution in [3.8, 4) is 35.5 Å². The number of fused-ring (bicyclic) bond motifs is 3. The number of aliphatic hydroxyl groups is 9. The summed E-state index contributed by atoms with van der Waals surface area (Å²) < 4.78 is 21.3. The number of hydrogen-bond donors (Lipinski definition) is 12. The second-order valence-corrected chi connectivity index (χ2v) is 18.3. The zero-order valence-electron chi connectivity index (χ0n) is 44.3. The molecule has 0 aliphatic carbocycles. The van der Waals surface area contributed by atoms with Crippen molar-refractivity contribution in [1.29, 1.82) is 0 Å². The minimum absolute atomic E-state index is 0.339. The summed E-state index contributed by atoms with van der Waals surface area (Å²) in [6, 6.07) is 0. The lowest BCUT2D eigenvalue weighted by atomic mass is 10.1. The van der Waals surface area contributed by atoms with Crippen LogP contribution in [-0.2, 0) is 14.2 Å². The molecule has 420 valence electrons. The number of aromatic nitrogens is 12. The predicted molar refractivity (Wildman–Crippen MR) is 283 cm³/mol. The molecule has 0 bridgehead atoms. The van der Waals surface area contributed by atoms with Crippen LogP contribution < -0.4 is 16.0 Å². The second-order valence-electron chi connectivity index (χ2n) is 18.3. The number of rotatable bonds is 15. The minimum atomic E-state index is -1.21. The number of ether oxygens (including phenoxy) is 3. The van der Waals surface area contributed by atoms with Crippen LogP contribution in [0, 0.1) is 35.5 Å². The molecule has 3 fully saturated rings. The molecule has 0 spiro atoms. The first-order valence-electron chi connectivity index (χ1n) is 25.9. The van der Waals surface area contributed by atoms with Crippen molar-refractivity contribution < 1.29 is 60.2 Å². The minimum Gasteiger partial charge on any atom is -0.394 e. The van der Waals surface area contributed by atoms with Gasteiger partial charge in [-0.1, -0.05) is 57.8 Å². The van der Waals surface area contributed by atoms with Crippen molar-refractivity contribution in [2.24, 2.45) is 0 Å². The molecule has 9 heterocycles. The molecule has 0 amide bonds. The van der Waals surface area contributed by atoms with Crippen LogP contribution in [-0.4, -0.2) is 200 Å². The Kier molecular flexibility index (Phi) is 20.9. The highest BCUT2D eigenvalue weighted by Gasteiger charge is 2.46. The van der Waals surface area contributed by atoms with E-state index in [0.717, 1.165) is 57.8 Å². The molecule has 0 radical (unpaired) electrons. The summed E-state index contributed by atoms with van der Waals surface area (Å²) in [6.07, 6.45) is 0.363. The van der Waals surface area contributed by atoms with Crippen LogP contribution in [0.3, 0.4) is 0 Å². The molecule has 3 saturated heterocycles. The van der Waals surface area contributed by atoms with Gasteiger partial charge in [0.1, 0.15) is 54.9 Å². The van der Waals surface area contributed by atoms with E-state index in [0.29, 0.717) is 68.4 Å². The number of nitrogens with zero attached hydrogens (tertiary/aromatic N) is 12. The van der Waals surface area contributed by atoms with Gasteiger partial charge in [0.2, 0.25) is 17.5 Å². The van der Waals surface area contributed by atoms with Gasteiger partial charge in [-0.15, -0.1) is 0 Å². The van der Waals surface area contributed by atoms with Crippen LogP contribution in [0.15, 0.2) is 19.0 Å². The highest BCUT2D eigenvalue weighted by atomic mass is 16.6. The summed E-state index contributed by atoms with van der Waals surface area (Å²) in [5.74, 6) is 20.5. The van der Waals surface area contributed by atoms with Gasteiger partial charge < -0.3 is 76.1 Å². The van der Waals surface area contributed by atoms with E-state index >= 15 is 0 Å². The van der Waals surface area contributed by atoms with Crippen LogP contribution in [0.5, 0.6) is 0 Å². The summed E-state index contributed by atoms with van der Waals surface area (Å²) in [5, 5.41) is 97.5. The fourth-order valence-corrected chi connectivity index (χ4v) is 8.55. The molecule has 0 unspecified atom stereocenters. The highest BCUT2D eigenvalue weighted by Crippen LogP contribution is 2.35. The number of aliphatic hydroxyl groups excluding tert-OH is 9. The third-order valence-corrected chi connectivity index (χ3v) is 12.9. The van der Waals surface area contributed by atoms with Gasteiger partial charge in [-0.25, -0.2) is 44.9 Å². The Morgan fingerprint density at radius 2 is 0.705 bits per heavy atom. The molecule has 12 atom stereocenters. The first kappa shape index (κ1) is 58.9. The Balaban J connectivity index is 0.000000170. The molecular weight excluding hydrogens is 1010 g/mol. The number of hydrogen-bond acceptors (Lipinski definition) is 24. The van der Waals surface area contributed by atoms with Crippen molar-refractivity contribution >= 4 is 50.9 Å². The largest absolute Gasteiger partial charge is 0.394 e. The van der Waals surface area contributed by atoms with Crippen molar-refractivity contribution in [3.63, 3.8) is 0 Å². The summed E-state index contributed by atoms with van der Waals surface area (Å²) >= 11 is 0. The number of anilines is 3. The van der Waals surface area contributed by atoms with E-state index in [-0.39, 0.29) is 0 Å². The van der Waals surface area contributed by atoms with E-state index in [4.69, 9.17) is 14.2 Å². The van der Waals surface area contributed by atoms with Gasteiger partial charge in [0.15, 0.2) is 69.6 Å². The molecule has 0 saturated carbocycles. The SMILES string of the molecule is CCCCC#Cc1nc(NC)c2ncn([C@@H]3O[C@H](CO)[C@@H](O)[C@H]3O)c2n1.CCCCC#Cc1nc(NC)c2ncn([C@@H]3O[C@H](CO)[C@@H](O)[C@H]3O)c2n1.CCCCC#Cc1nc(NC)c2ncn([C@@H]3O[C@H](CO)[C@@H](O)[C@H]3O)c2n1. The second kappa shape index (κ2) is 27.7. The molecule has 27 heteroatoms. The van der Waals surface area contributed by atoms with Gasteiger partial charge in [0.25, 0.3) is 0 Å². The Morgan fingerprint density at radius 1 is 0.436 bits per heavy atom. The van der Waals surface area contributed by atoms with Gasteiger partial charge in [-0.2, -0.15) is 0 Å². The lowest BCUT2D eigenvalue weighted by Gasteiger charge is -2.16. The molecule has 6 aromatic heterocycles. The number of unbranched alkanes of at least 4 members (excludes halogenated alkanes) is 6. The molecule has 27 nitrogen and oxygen atoms in total. The molecule has 3 aliphatic rings. The molecular formula is C51H69N15O12. The van der Waals surface area contributed by atoms with E-state index in [2.05, 4.69) is 117 Å². The molecule has 78 heavy (non-hydrogen) atoms. The maximum atomic E-state index is 10.3. The van der Waals surface area contributed by atoms with Gasteiger partial charge in [-0.3, -0.25) is 13.7 Å². The third-order valence-electron chi connectivity index (χ3n) is 12.9. The summed E-state index contributed by atoms with van der Waals surface area (Å²) in [6.45, 7) is 5.11. The average molecular weight is 1080 g/mol. The van der Waals surface area contributed by atoms with Crippen LogP contribution in [0.1, 0.15) is 115 Å². The van der Waals surface area contributed by atoms with Crippen molar-refractivity contribution in [1.82, 2.24) is 58.6 Å². The number of imidazole rings is 3. The van der Waals surface area contributed by atoms with Gasteiger partial charge >= 0.3 is 0 Å². The smallest absolute Gasteiger partial charge is 0.208 e. The highest BCUT2D eigenvalue weighted by molar-refractivity contribution is 5.85. The lowest BCUT2D eigenvalue weighted by Crippen LogP contribution is -2.33. The molecule has 6 aromatic rings. The first-order chi connectivity index (χ1) is 37.8. The van der Waals surface area contributed by atoms with Crippen LogP contribution in [0.4, 0.5) is 17.5 Å². The van der Waals surface area contributed by atoms with Gasteiger partial charge in [0, 0.05) is 40.4 Å². The first-order valence-corrected chi connectivity index (χ1v) is 25.9. The van der Waals surface area contributed by atoms with E-state index < -0.39 is 93.4 Å². The Labute approximate surface area is 449 Å². The molecule has 3 aliphatic heterocycles. The zero-order chi connectivity index (χ0) is 56.0. The zero-order valence-corrected chi connectivity index (χ0v) is 44.3. The van der Waals surface area contributed by atoms with Crippen LogP contribution in [0.25, 0.3) is 33.5 Å².